The Kier molecular flexibility index (Phi) is 5.59. The van der Waals surface area contributed by atoms with Gasteiger partial charge in [-0.1, -0.05) is 18.5 Å². The zero-order valence-corrected chi connectivity index (χ0v) is 13.6. The van der Waals surface area contributed by atoms with E-state index in [1.54, 1.807) is 23.5 Å². The first kappa shape index (κ1) is 15.8. The second-order valence-electron chi connectivity index (χ2n) is 4.50. The maximum Gasteiger partial charge on any atom is 0.251 e. The van der Waals surface area contributed by atoms with E-state index in [9.17, 15) is 4.79 Å². The number of aryl methyl sites for hydroxylation is 1. The Morgan fingerprint density at radius 2 is 2.19 bits per heavy atom. The molecule has 0 bridgehead atoms. The molecule has 2 aromatic rings. The van der Waals surface area contributed by atoms with Crippen LogP contribution in [0.15, 0.2) is 23.6 Å². The third-order valence-corrected chi connectivity index (χ3v) is 4.20. The number of nitrogens with zero attached hydrogens (tertiary/aromatic N) is 1. The molecule has 0 aromatic carbocycles. The molecular formula is C15H18ClN3OS. The summed E-state index contributed by atoms with van der Waals surface area (Å²) in [5, 5.41) is 8.35. The second-order valence-corrected chi connectivity index (χ2v) is 5.89. The molecule has 112 valence electrons. The molecule has 0 atom stereocenters. The normalized spacial score (nSPS) is 10.4. The van der Waals surface area contributed by atoms with Crippen molar-refractivity contribution in [2.45, 2.75) is 26.8 Å². The van der Waals surface area contributed by atoms with Crippen molar-refractivity contribution in [2.24, 2.45) is 0 Å². The molecule has 0 spiro atoms. The van der Waals surface area contributed by atoms with Gasteiger partial charge in [-0.05, 0) is 42.5 Å². The number of amides is 1. The Morgan fingerprint density at radius 3 is 2.90 bits per heavy atom. The minimum atomic E-state index is -0.145. The number of rotatable bonds is 6. The maximum absolute atomic E-state index is 12.2. The number of halogens is 1. The van der Waals surface area contributed by atoms with Crippen molar-refractivity contribution < 1.29 is 4.79 Å². The maximum atomic E-state index is 12.2. The molecule has 0 saturated carbocycles. The average Bonchev–Trinajstić information content (AvgIpc) is 2.92. The number of anilines is 1. The smallest absolute Gasteiger partial charge is 0.251 e. The van der Waals surface area contributed by atoms with Crippen molar-refractivity contribution >= 4 is 34.7 Å². The largest absolute Gasteiger partial charge is 0.370 e. The monoisotopic (exact) mass is 323 g/mol. The molecule has 0 aliphatic rings. The van der Waals surface area contributed by atoms with E-state index in [0.29, 0.717) is 23.1 Å². The van der Waals surface area contributed by atoms with Gasteiger partial charge in [0.05, 0.1) is 6.54 Å². The van der Waals surface area contributed by atoms with Gasteiger partial charge in [0.2, 0.25) is 0 Å². The van der Waals surface area contributed by atoms with E-state index in [4.69, 9.17) is 11.6 Å². The van der Waals surface area contributed by atoms with Crippen LogP contribution >= 0.6 is 22.9 Å². The first-order valence-corrected chi connectivity index (χ1v) is 8.14. The molecule has 2 N–H and O–H groups in total. The lowest BCUT2D eigenvalue weighted by Gasteiger charge is -2.08. The van der Waals surface area contributed by atoms with Crippen LogP contribution in [0.1, 0.15) is 34.6 Å². The predicted octanol–water partition coefficient (Wildman–Crippen LogP) is 3.72. The lowest BCUT2D eigenvalue weighted by atomic mass is 10.2. The van der Waals surface area contributed by atoms with E-state index in [2.05, 4.69) is 28.6 Å². The first-order chi connectivity index (χ1) is 10.1. The van der Waals surface area contributed by atoms with Crippen LogP contribution in [-0.4, -0.2) is 17.4 Å². The molecule has 2 heterocycles. The Bertz CT molecular complexity index is 627. The zero-order chi connectivity index (χ0) is 15.2. The lowest BCUT2D eigenvalue weighted by Crippen LogP contribution is -2.23. The second kappa shape index (κ2) is 7.43. The van der Waals surface area contributed by atoms with Crippen LogP contribution in [0.25, 0.3) is 0 Å². The van der Waals surface area contributed by atoms with E-state index in [1.807, 2.05) is 12.3 Å². The van der Waals surface area contributed by atoms with Gasteiger partial charge in [-0.25, -0.2) is 4.98 Å². The van der Waals surface area contributed by atoms with Gasteiger partial charge in [-0.15, -0.1) is 11.3 Å². The number of hydrogen-bond acceptors (Lipinski definition) is 4. The Morgan fingerprint density at radius 1 is 1.38 bits per heavy atom. The topological polar surface area (TPSA) is 54.0 Å². The van der Waals surface area contributed by atoms with Gasteiger partial charge < -0.3 is 10.6 Å². The highest BCUT2D eigenvalue weighted by molar-refractivity contribution is 7.10. The summed E-state index contributed by atoms with van der Waals surface area (Å²) in [5.41, 5.74) is 1.79. The molecule has 6 heteroatoms. The molecule has 1 amide bonds. The quantitative estimate of drug-likeness (QED) is 0.797. The molecular weight excluding hydrogens is 306 g/mol. The number of hydrogen-bond donors (Lipinski definition) is 2. The van der Waals surface area contributed by atoms with Crippen molar-refractivity contribution in [1.29, 1.82) is 0 Å². The van der Waals surface area contributed by atoms with Gasteiger partial charge in [0, 0.05) is 17.0 Å². The first-order valence-electron chi connectivity index (χ1n) is 6.89. The lowest BCUT2D eigenvalue weighted by molar-refractivity contribution is 0.0951. The molecule has 0 saturated heterocycles. The fourth-order valence-corrected chi connectivity index (χ4v) is 3.12. The van der Waals surface area contributed by atoms with Gasteiger partial charge in [0.1, 0.15) is 11.0 Å². The molecule has 0 fully saturated rings. The van der Waals surface area contributed by atoms with Gasteiger partial charge in [0.15, 0.2) is 0 Å². The molecule has 0 unspecified atom stereocenters. The molecule has 0 aliphatic carbocycles. The summed E-state index contributed by atoms with van der Waals surface area (Å²) in [4.78, 5) is 17.5. The van der Waals surface area contributed by atoms with E-state index in [1.165, 1.54) is 10.4 Å². The van der Waals surface area contributed by atoms with E-state index in [-0.39, 0.29) is 5.91 Å². The molecule has 0 radical (unpaired) electrons. The van der Waals surface area contributed by atoms with Crippen molar-refractivity contribution in [3.05, 3.63) is 44.7 Å². The van der Waals surface area contributed by atoms with E-state index in [0.717, 1.165) is 13.0 Å². The molecule has 21 heavy (non-hydrogen) atoms. The summed E-state index contributed by atoms with van der Waals surface area (Å²) in [5.74, 6) is 0.467. The summed E-state index contributed by atoms with van der Waals surface area (Å²) in [6.07, 6.45) is 0.973. The minimum Gasteiger partial charge on any atom is -0.370 e. The van der Waals surface area contributed by atoms with Gasteiger partial charge in [0.25, 0.3) is 5.91 Å². The van der Waals surface area contributed by atoms with Crippen LogP contribution in [0.5, 0.6) is 0 Å². The van der Waals surface area contributed by atoms with Crippen molar-refractivity contribution in [3.8, 4) is 0 Å². The van der Waals surface area contributed by atoms with Gasteiger partial charge in [-0.3, -0.25) is 4.79 Å². The highest BCUT2D eigenvalue weighted by Crippen LogP contribution is 2.18. The van der Waals surface area contributed by atoms with E-state index >= 15 is 0 Å². The summed E-state index contributed by atoms with van der Waals surface area (Å²) >= 11 is 7.61. The molecule has 2 aromatic heterocycles. The van der Waals surface area contributed by atoms with Crippen LogP contribution in [-0.2, 0) is 13.0 Å². The fraction of sp³-hybridized carbons (Fsp3) is 0.333. The van der Waals surface area contributed by atoms with Crippen molar-refractivity contribution in [2.75, 3.05) is 11.9 Å². The van der Waals surface area contributed by atoms with Crippen molar-refractivity contribution in [1.82, 2.24) is 10.3 Å². The summed E-state index contributed by atoms with van der Waals surface area (Å²) in [6, 6.07) is 5.38. The summed E-state index contributed by atoms with van der Waals surface area (Å²) < 4.78 is 0. The Labute approximate surface area is 133 Å². The fourth-order valence-electron chi connectivity index (χ4n) is 2.00. The standard InChI is InChI=1S/C15H18ClN3OS/c1-3-10-5-6-21-12(10)9-18-15(20)11-7-13(16)19-14(8-11)17-4-2/h5-8H,3-4,9H2,1-2H3,(H,17,19)(H,18,20). The Balaban J connectivity index is 2.06. The van der Waals surface area contributed by atoms with E-state index < -0.39 is 0 Å². The van der Waals surface area contributed by atoms with Crippen LogP contribution < -0.4 is 10.6 Å². The minimum absolute atomic E-state index is 0.145. The van der Waals surface area contributed by atoms with Crippen LogP contribution in [0.3, 0.4) is 0 Å². The molecule has 2 rings (SSSR count). The summed E-state index contributed by atoms with van der Waals surface area (Å²) in [7, 11) is 0. The van der Waals surface area contributed by atoms with Gasteiger partial charge >= 0.3 is 0 Å². The highest BCUT2D eigenvalue weighted by Gasteiger charge is 2.10. The number of nitrogens with one attached hydrogen (secondary N) is 2. The SMILES string of the molecule is CCNc1cc(C(=O)NCc2sccc2CC)cc(Cl)n1. The van der Waals surface area contributed by atoms with Crippen LogP contribution in [0.4, 0.5) is 5.82 Å². The zero-order valence-electron chi connectivity index (χ0n) is 12.1. The summed E-state index contributed by atoms with van der Waals surface area (Å²) in [6.45, 7) is 5.34. The third-order valence-electron chi connectivity index (χ3n) is 3.04. The van der Waals surface area contributed by atoms with Crippen LogP contribution in [0, 0.1) is 0 Å². The average molecular weight is 324 g/mol. The van der Waals surface area contributed by atoms with Crippen LogP contribution in [0.2, 0.25) is 5.15 Å². The number of pyridine rings is 1. The highest BCUT2D eigenvalue weighted by atomic mass is 35.5. The third kappa shape index (κ3) is 4.19. The van der Waals surface area contributed by atoms with Crippen molar-refractivity contribution in [3.63, 3.8) is 0 Å². The number of carbonyl (C=O) groups excluding carboxylic acids is 1. The molecule has 0 aliphatic heterocycles. The number of aromatic nitrogens is 1. The number of thiophene rings is 1. The number of carbonyl (C=O) groups is 1. The predicted molar refractivity (Wildman–Crippen MR) is 88.3 cm³/mol. The van der Waals surface area contributed by atoms with Gasteiger partial charge in [-0.2, -0.15) is 0 Å². The Hall–Kier alpha value is -1.59. The molecule has 4 nitrogen and oxygen atoms in total.